The van der Waals surface area contributed by atoms with Crippen molar-refractivity contribution in [3.8, 4) is 0 Å². The predicted molar refractivity (Wildman–Crippen MR) is 75.6 cm³/mol. The van der Waals surface area contributed by atoms with Crippen molar-refractivity contribution in [2.24, 2.45) is 0 Å². The zero-order valence-electron chi connectivity index (χ0n) is 12.8. The summed E-state index contributed by atoms with van der Waals surface area (Å²) in [4.78, 5) is 2.53. The molecule has 17 heavy (non-hydrogen) atoms. The summed E-state index contributed by atoms with van der Waals surface area (Å²) >= 11 is 0. The molecule has 0 aromatic heterocycles. The van der Waals surface area contributed by atoms with Gasteiger partial charge in [-0.2, -0.15) is 0 Å². The average molecular weight is 244 g/mol. The smallest absolute Gasteiger partial charge is 0.0630 e. The van der Waals surface area contributed by atoms with Crippen molar-refractivity contribution in [2.45, 2.75) is 65.6 Å². The van der Waals surface area contributed by atoms with Crippen LogP contribution in [0.15, 0.2) is 0 Å². The Balaban J connectivity index is 4.45. The van der Waals surface area contributed by atoms with E-state index >= 15 is 0 Å². The number of nitrogens with one attached hydrogen (secondary N) is 1. The van der Waals surface area contributed by atoms with Crippen LogP contribution in [0, 0.1) is 0 Å². The van der Waals surface area contributed by atoms with Gasteiger partial charge in [0.2, 0.25) is 0 Å². The van der Waals surface area contributed by atoms with Gasteiger partial charge in [0, 0.05) is 31.3 Å². The summed E-state index contributed by atoms with van der Waals surface area (Å²) in [5.74, 6) is 0. The third kappa shape index (κ3) is 7.74. The quantitative estimate of drug-likeness (QED) is 0.710. The van der Waals surface area contributed by atoms with Gasteiger partial charge in [-0.15, -0.1) is 0 Å². The minimum Gasteiger partial charge on any atom is -0.383 e. The molecule has 3 nitrogen and oxygen atoms in total. The Hall–Kier alpha value is -0.120. The topological polar surface area (TPSA) is 24.5 Å². The first-order valence-corrected chi connectivity index (χ1v) is 6.81. The van der Waals surface area contributed by atoms with Crippen molar-refractivity contribution in [2.75, 3.05) is 26.8 Å². The average Bonchev–Trinajstić information content (AvgIpc) is 2.19. The maximum absolute atomic E-state index is 5.36. The lowest BCUT2D eigenvalue weighted by molar-refractivity contribution is 0.0660. The van der Waals surface area contributed by atoms with Crippen molar-refractivity contribution in [1.82, 2.24) is 10.2 Å². The van der Waals surface area contributed by atoms with Gasteiger partial charge in [0.1, 0.15) is 0 Å². The van der Waals surface area contributed by atoms with Crippen molar-refractivity contribution >= 4 is 0 Å². The maximum Gasteiger partial charge on any atom is 0.0630 e. The predicted octanol–water partition coefficient (Wildman–Crippen LogP) is 2.51. The molecule has 0 saturated heterocycles. The Bertz CT molecular complexity index is 187. The molecule has 1 N–H and O–H groups in total. The normalized spacial score (nSPS) is 14.6. The van der Waals surface area contributed by atoms with E-state index in [0.29, 0.717) is 12.1 Å². The summed E-state index contributed by atoms with van der Waals surface area (Å²) in [6, 6.07) is 1.02. The fourth-order valence-electron chi connectivity index (χ4n) is 2.01. The van der Waals surface area contributed by atoms with Crippen molar-refractivity contribution in [3.63, 3.8) is 0 Å². The monoisotopic (exact) mass is 244 g/mol. The number of hydrogen-bond donors (Lipinski definition) is 1. The summed E-state index contributed by atoms with van der Waals surface area (Å²) in [7, 11) is 1.79. The molecule has 0 rings (SSSR count). The van der Waals surface area contributed by atoms with Gasteiger partial charge in [-0.1, -0.05) is 6.92 Å². The fraction of sp³-hybridized carbons (Fsp3) is 1.00. The lowest BCUT2D eigenvalue weighted by Crippen LogP contribution is -2.52. The van der Waals surface area contributed by atoms with E-state index in [0.717, 1.165) is 19.7 Å². The summed E-state index contributed by atoms with van der Waals surface area (Å²) in [6.45, 7) is 16.3. The molecule has 1 atom stereocenters. The van der Waals surface area contributed by atoms with Gasteiger partial charge in [-0.05, 0) is 47.6 Å². The zero-order valence-corrected chi connectivity index (χ0v) is 12.8. The van der Waals surface area contributed by atoms with E-state index in [4.69, 9.17) is 4.74 Å². The molecule has 0 aliphatic heterocycles. The minimum absolute atomic E-state index is 0.168. The van der Waals surface area contributed by atoms with Gasteiger partial charge in [0.25, 0.3) is 0 Å². The van der Waals surface area contributed by atoms with Crippen LogP contribution >= 0.6 is 0 Å². The van der Waals surface area contributed by atoms with Crippen molar-refractivity contribution in [1.29, 1.82) is 0 Å². The van der Waals surface area contributed by atoms with Gasteiger partial charge in [0.15, 0.2) is 0 Å². The Kier molecular flexibility index (Phi) is 8.01. The summed E-state index contributed by atoms with van der Waals surface area (Å²) in [6.07, 6.45) is 1.19. The molecule has 0 saturated carbocycles. The van der Waals surface area contributed by atoms with Crippen LogP contribution in [-0.4, -0.2) is 49.3 Å². The number of ether oxygens (including phenoxy) is 1. The molecule has 104 valence electrons. The molecule has 0 amide bonds. The molecule has 0 aromatic rings. The Labute approximate surface area is 108 Å². The Morgan fingerprint density at radius 1 is 1.24 bits per heavy atom. The number of hydrogen-bond acceptors (Lipinski definition) is 3. The molecule has 0 aliphatic rings. The van der Waals surface area contributed by atoms with Crippen molar-refractivity contribution < 1.29 is 4.74 Å². The van der Waals surface area contributed by atoms with E-state index in [1.165, 1.54) is 6.42 Å². The summed E-state index contributed by atoms with van der Waals surface area (Å²) in [5.41, 5.74) is 0.168. The molecule has 0 radical (unpaired) electrons. The lowest BCUT2D eigenvalue weighted by Gasteiger charge is -2.36. The van der Waals surface area contributed by atoms with Crippen LogP contribution in [-0.2, 0) is 4.74 Å². The van der Waals surface area contributed by atoms with Gasteiger partial charge in [-0.25, -0.2) is 0 Å². The van der Waals surface area contributed by atoms with E-state index in [2.05, 4.69) is 51.8 Å². The third-order valence-electron chi connectivity index (χ3n) is 2.84. The fourth-order valence-corrected chi connectivity index (χ4v) is 2.01. The van der Waals surface area contributed by atoms with Gasteiger partial charge < -0.3 is 10.1 Å². The van der Waals surface area contributed by atoms with Crippen LogP contribution in [0.25, 0.3) is 0 Å². The highest BCUT2D eigenvalue weighted by molar-refractivity contribution is 4.80. The minimum atomic E-state index is 0.168. The molecule has 0 aromatic carbocycles. The molecular formula is C14H32N2O. The Morgan fingerprint density at radius 3 is 2.18 bits per heavy atom. The first-order chi connectivity index (χ1) is 7.81. The second-order valence-electron chi connectivity index (χ2n) is 6.07. The van der Waals surface area contributed by atoms with Crippen LogP contribution in [0.1, 0.15) is 48.0 Å². The highest BCUT2D eigenvalue weighted by Crippen LogP contribution is 2.09. The largest absolute Gasteiger partial charge is 0.383 e. The number of methoxy groups -OCH3 is 1. The molecule has 0 aliphatic carbocycles. The molecule has 0 bridgehead atoms. The van der Waals surface area contributed by atoms with E-state index in [1.807, 2.05) is 0 Å². The van der Waals surface area contributed by atoms with Gasteiger partial charge in [-0.3, -0.25) is 4.90 Å². The van der Waals surface area contributed by atoms with Crippen LogP contribution in [0.5, 0.6) is 0 Å². The highest BCUT2D eigenvalue weighted by Gasteiger charge is 2.22. The van der Waals surface area contributed by atoms with Gasteiger partial charge >= 0.3 is 0 Å². The molecule has 0 spiro atoms. The molecule has 0 heterocycles. The van der Waals surface area contributed by atoms with Gasteiger partial charge in [0.05, 0.1) is 6.61 Å². The molecule has 1 unspecified atom stereocenters. The van der Waals surface area contributed by atoms with E-state index in [1.54, 1.807) is 7.11 Å². The molecular weight excluding hydrogens is 212 g/mol. The summed E-state index contributed by atoms with van der Waals surface area (Å²) < 4.78 is 5.36. The number of nitrogens with zero attached hydrogens (tertiary/aromatic N) is 1. The highest BCUT2D eigenvalue weighted by atomic mass is 16.5. The van der Waals surface area contributed by atoms with E-state index < -0.39 is 0 Å². The first-order valence-electron chi connectivity index (χ1n) is 6.81. The Morgan fingerprint density at radius 2 is 1.82 bits per heavy atom. The van der Waals surface area contributed by atoms with E-state index in [-0.39, 0.29) is 5.54 Å². The molecule has 3 heteroatoms. The van der Waals surface area contributed by atoms with Crippen LogP contribution < -0.4 is 5.32 Å². The third-order valence-corrected chi connectivity index (χ3v) is 2.84. The number of rotatable bonds is 8. The lowest BCUT2D eigenvalue weighted by atomic mass is 10.1. The van der Waals surface area contributed by atoms with E-state index in [9.17, 15) is 0 Å². The van der Waals surface area contributed by atoms with Crippen LogP contribution in [0.3, 0.4) is 0 Å². The second-order valence-corrected chi connectivity index (χ2v) is 6.07. The first kappa shape index (κ1) is 16.9. The maximum atomic E-state index is 5.36. The van der Waals surface area contributed by atoms with Crippen LogP contribution in [0.2, 0.25) is 0 Å². The van der Waals surface area contributed by atoms with Crippen molar-refractivity contribution in [3.05, 3.63) is 0 Å². The molecule has 0 fully saturated rings. The second kappa shape index (κ2) is 8.06. The zero-order chi connectivity index (χ0) is 13.5. The summed E-state index contributed by atoms with van der Waals surface area (Å²) in [5, 5.41) is 3.58. The standard InChI is InChI=1S/C14H32N2O/c1-8-9-16(12(2)3)13(11-17-7)10-15-14(4,5)6/h12-13,15H,8-11H2,1-7H3. The van der Waals surface area contributed by atoms with Crippen LogP contribution in [0.4, 0.5) is 0 Å². The SMILES string of the molecule is CCCN(C(C)C)C(CNC(C)(C)C)COC.